The summed E-state index contributed by atoms with van der Waals surface area (Å²) in [6.45, 7) is 8.43. The van der Waals surface area contributed by atoms with Crippen LogP contribution in [-0.2, 0) is 17.6 Å². The number of oxazole rings is 1. The monoisotopic (exact) mass is 280 g/mol. The zero-order chi connectivity index (χ0) is 14.4. The molecule has 1 saturated heterocycles. The molecule has 114 valence electrons. The molecule has 4 nitrogen and oxygen atoms in total. The van der Waals surface area contributed by atoms with Crippen LogP contribution in [0.25, 0.3) is 0 Å². The summed E-state index contributed by atoms with van der Waals surface area (Å²) in [6.07, 6.45) is 8.62. The number of hydrogen-bond donors (Lipinski definition) is 1. The molecular weight excluding hydrogens is 252 g/mol. The minimum Gasteiger partial charge on any atom is -0.446 e. The van der Waals surface area contributed by atoms with E-state index in [9.17, 15) is 0 Å². The molecule has 20 heavy (non-hydrogen) atoms. The van der Waals surface area contributed by atoms with E-state index in [1.165, 1.54) is 12.8 Å². The maximum absolute atomic E-state index is 5.80. The van der Waals surface area contributed by atoms with E-state index in [2.05, 4.69) is 31.1 Å². The number of nitrogens with one attached hydrogen (secondary N) is 1. The molecule has 0 spiro atoms. The Kier molecular flexibility index (Phi) is 5.61. The predicted octanol–water partition coefficient (Wildman–Crippen LogP) is 3.11. The van der Waals surface area contributed by atoms with Gasteiger partial charge in [-0.05, 0) is 53.0 Å². The summed E-state index contributed by atoms with van der Waals surface area (Å²) in [5, 5.41) is 3.48. The Morgan fingerprint density at radius 3 is 2.90 bits per heavy atom. The first kappa shape index (κ1) is 15.5. The molecule has 0 aromatic carbocycles. The fourth-order valence-corrected chi connectivity index (χ4v) is 2.45. The van der Waals surface area contributed by atoms with E-state index < -0.39 is 0 Å². The summed E-state index contributed by atoms with van der Waals surface area (Å²) in [6, 6.07) is 0. The third-order valence-corrected chi connectivity index (χ3v) is 3.53. The molecule has 1 unspecified atom stereocenters. The van der Waals surface area contributed by atoms with Crippen molar-refractivity contribution in [3.8, 4) is 0 Å². The van der Waals surface area contributed by atoms with E-state index in [1.54, 1.807) is 0 Å². The van der Waals surface area contributed by atoms with Gasteiger partial charge in [-0.3, -0.25) is 0 Å². The van der Waals surface area contributed by atoms with Gasteiger partial charge < -0.3 is 14.5 Å². The summed E-state index contributed by atoms with van der Waals surface area (Å²) in [5.74, 6) is 1.82. The molecule has 0 aliphatic carbocycles. The lowest BCUT2D eigenvalue weighted by Crippen LogP contribution is -2.36. The van der Waals surface area contributed by atoms with Crippen molar-refractivity contribution in [3.63, 3.8) is 0 Å². The molecule has 1 aliphatic rings. The van der Waals surface area contributed by atoms with Gasteiger partial charge in [0.25, 0.3) is 0 Å². The van der Waals surface area contributed by atoms with Gasteiger partial charge in [0.2, 0.25) is 0 Å². The maximum Gasteiger partial charge on any atom is 0.194 e. The fraction of sp³-hybridized carbons (Fsp3) is 0.812. The molecule has 1 fully saturated rings. The molecule has 1 atom stereocenters. The van der Waals surface area contributed by atoms with Crippen LogP contribution in [0.5, 0.6) is 0 Å². The summed E-state index contributed by atoms with van der Waals surface area (Å²) in [4.78, 5) is 4.37. The van der Waals surface area contributed by atoms with Crippen molar-refractivity contribution in [2.75, 3.05) is 13.2 Å². The average Bonchev–Trinajstić information content (AvgIpc) is 2.82. The molecule has 0 radical (unpaired) electrons. The lowest BCUT2D eigenvalue weighted by atomic mass is 10.1. The first-order valence-electron chi connectivity index (χ1n) is 7.83. The smallest absolute Gasteiger partial charge is 0.194 e. The first-order valence-corrected chi connectivity index (χ1v) is 7.83. The Balaban J connectivity index is 1.69. The van der Waals surface area contributed by atoms with E-state index in [0.29, 0.717) is 6.10 Å². The van der Waals surface area contributed by atoms with Gasteiger partial charge in [0.15, 0.2) is 5.89 Å². The zero-order valence-electron chi connectivity index (χ0n) is 13.1. The summed E-state index contributed by atoms with van der Waals surface area (Å²) in [7, 11) is 0. The van der Waals surface area contributed by atoms with Crippen molar-refractivity contribution in [2.45, 2.75) is 70.9 Å². The van der Waals surface area contributed by atoms with E-state index in [1.807, 2.05) is 6.20 Å². The van der Waals surface area contributed by atoms with Crippen LogP contribution in [0.15, 0.2) is 10.6 Å². The lowest BCUT2D eigenvalue weighted by Gasteiger charge is -2.21. The number of aromatic nitrogens is 1. The minimum atomic E-state index is 0.181. The second kappa shape index (κ2) is 7.23. The average molecular weight is 280 g/mol. The second-order valence-corrected chi connectivity index (χ2v) is 6.69. The molecule has 2 heterocycles. The van der Waals surface area contributed by atoms with Crippen LogP contribution in [0.3, 0.4) is 0 Å². The van der Waals surface area contributed by atoms with E-state index in [0.717, 1.165) is 50.5 Å². The molecule has 1 N–H and O–H groups in total. The van der Waals surface area contributed by atoms with Crippen LogP contribution in [0.4, 0.5) is 0 Å². The number of hydrogen-bond acceptors (Lipinski definition) is 4. The standard InChI is InChI=1S/C16H28N2O2/c1-16(2,3)18-9-6-8-15-17-12-14(20-15)11-13-7-4-5-10-19-13/h12-13,18H,4-11H2,1-3H3. The van der Waals surface area contributed by atoms with Crippen molar-refractivity contribution in [3.05, 3.63) is 17.8 Å². The SMILES string of the molecule is CC(C)(C)NCCCc1ncc(CC2CCCCO2)o1. The van der Waals surface area contributed by atoms with E-state index >= 15 is 0 Å². The Labute approximate surface area is 122 Å². The Hall–Kier alpha value is -0.870. The van der Waals surface area contributed by atoms with Gasteiger partial charge in [-0.15, -0.1) is 0 Å². The van der Waals surface area contributed by atoms with Crippen LogP contribution in [0.2, 0.25) is 0 Å². The van der Waals surface area contributed by atoms with Gasteiger partial charge in [-0.25, -0.2) is 4.98 Å². The van der Waals surface area contributed by atoms with Crippen molar-refractivity contribution >= 4 is 0 Å². The molecule has 4 heteroatoms. The number of nitrogens with zero attached hydrogens (tertiary/aromatic N) is 1. The third kappa shape index (κ3) is 5.63. The lowest BCUT2D eigenvalue weighted by molar-refractivity contribution is 0.0138. The Bertz CT molecular complexity index is 389. The topological polar surface area (TPSA) is 47.3 Å². The first-order chi connectivity index (χ1) is 9.53. The highest BCUT2D eigenvalue weighted by Gasteiger charge is 2.16. The fourth-order valence-electron chi connectivity index (χ4n) is 2.45. The van der Waals surface area contributed by atoms with Gasteiger partial charge in [0.05, 0.1) is 12.3 Å². The van der Waals surface area contributed by atoms with Gasteiger partial charge in [-0.2, -0.15) is 0 Å². The van der Waals surface area contributed by atoms with Crippen molar-refractivity contribution in [1.82, 2.24) is 10.3 Å². The van der Waals surface area contributed by atoms with E-state index in [4.69, 9.17) is 9.15 Å². The number of rotatable bonds is 6. The number of aryl methyl sites for hydroxylation is 1. The Morgan fingerprint density at radius 2 is 2.20 bits per heavy atom. The van der Waals surface area contributed by atoms with E-state index in [-0.39, 0.29) is 5.54 Å². The molecule has 2 rings (SSSR count). The summed E-state index contributed by atoms with van der Waals surface area (Å²) in [5.41, 5.74) is 0.181. The quantitative estimate of drug-likeness (QED) is 0.813. The largest absolute Gasteiger partial charge is 0.446 e. The number of ether oxygens (including phenoxy) is 1. The van der Waals surface area contributed by atoms with Crippen LogP contribution in [-0.4, -0.2) is 29.8 Å². The highest BCUT2D eigenvalue weighted by molar-refractivity contribution is 4.96. The predicted molar refractivity (Wildman–Crippen MR) is 79.9 cm³/mol. The zero-order valence-corrected chi connectivity index (χ0v) is 13.1. The molecule has 0 bridgehead atoms. The van der Waals surface area contributed by atoms with Crippen molar-refractivity contribution < 1.29 is 9.15 Å². The van der Waals surface area contributed by atoms with Crippen molar-refractivity contribution in [2.24, 2.45) is 0 Å². The van der Waals surface area contributed by atoms with Crippen LogP contribution in [0, 0.1) is 0 Å². The Morgan fingerprint density at radius 1 is 1.35 bits per heavy atom. The molecular formula is C16H28N2O2. The second-order valence-electron chi connectivity index (χ2n) is 6.69. The summed E-state index contributed by atoms with van der Waals surface area (Å²) >= 11 is 0. The van der Waals surface area contributed by atoms with Crippen LogP contribution in [0.1, 0.15) is 58.1 Å². The minimum absolute atomic E-state index is 0.181. The molecule has 0 amide bonds. The molecule has 0 saturated carbocycles. The van der Waals surface area contributed by atoms with Gasteiger partial charge >= 0.3 is 0 Å². The maximum atomic E-state index is 5.80. The van der Waals surface area contributed by atoms with Crippen LogP contribution >= 0.6 is 0 Å². The third-order valence-electron chi connectivity index (χ3n) is 3.53. The normalized spacial score (nSPS) is 20.2. The van der Waals surface area contributed by atoms with Gasteiger partial charge in [0.1, 0.15) is 5.76 Å². The van der Waals surface area contributed by atoms with Gasteiger partial charge in [0, 0.05) is 25.0 Å². The van der Waals surface area contributed by atoms with Gasteiger partial charge in [-0.1, -0.05) is 0 Å². The van der Waals surface area contributed by atoms with Crippen LogP contribution < -0.4 is 5.32 Å². The highest BCUT2D eigenvalue weighted by Crippen LogP contribution is 2.18. The molecule has 1 aromatic heterocycles. The molecule has 1 aliphatic heterocycles. The molecule has 1 aromatic rings. The highest BCUT2D eigenvalue weighted by atomic mass is 16.5. The van der Waals surface area contributed by atoms with Crippen molar-refractivity contribution in [1.29, 1.82) is 0 Å². The summed E-state index contributed by atoms with van der Waals surface area (Å²) < 4.78 is 11.5.